The minimum atomic E-state index is 0.727. The number of aryl methyl sites for hydroxylation is 4. The molecule has 0 unspecified atom stereocenters. The second-order valence-electron chi connectivity index (χ2n) is 28.2. The van der Waals surface area contributed by atoms with Gasteiger partial charge in [0.25, 0.3) is 0 Å². The van der Waals surface area contributed by atoms with Gasteiger partial charge in [-0.1, -0.05) is 243 Å². The van der Waals surface area contributed by atoms with E-state index in [4.69, 9.17) is 18.9 Å². The molecule has 0 fully saturated rings. The predicted octanol–water partition coefficient (Wildman–Crippen LogP) is 27.6. The van der Waals surface area contributed by atoms with Crippen LogP contribution in [0.5, 0.6) is 23.0 Å². The molecule has 0 aliphatic heterocycles. The minimum Gasteiger partial charge on any atom is -0.496 e. The van der Waals surface area contributed by atoms with E-state index in [-0.39, 0.29) is 0 Å². The highest BCUT2D eigenvalue weighted by Crippen LogP contribution is 2.50. The monoisotopic (exact) mass is 1340 g/mol. The predicted molar refractivity (Wildman–Crippen MR) is 448 cm³/mol. The standard InChI is InChI=1S/C100H72O4/c1-57-41-61-49-65(45-57)93-69-25-9-17-33-77(69)97(78-34-18-10-26-70(78)93)85-53-86(90(102-6)55-89(85)101-5)99-81-37-21-13-29-73(81)95(74-30-14-22-38-82(74)99)67-47-59(3)43-63(51-67)64-44-60(4)48-68(52-64)96-75-31-15-23-39-83(75)100(84-40-24-16-32-76(84)96)88-54-87(91(103-7)56-92(88)104-8)98-79-35-19-11-27-71(79)94(72-28-12-20-36-80(72)98)66-46-58(2)42-62(61)50-66/h9-56H,1-8H3. The molecule has 19 aromatic rings. The van der Waals surface area contributed by atoms with Crippen molar-refractivity contribution in [3.8, 4) is 23.0 Å². The zero-order valence-corrected chi connectivity index (χ0v) is 59.3. The smallest absolute Gasteiger partial charge is 0.130 e. The van der Waals surface area contributed by atoms with Crippen molar-refractivity contribution in [1.29, 1.82) is 0 Å². The van der Waals surface area contributed by atoms with Crippen molar-refractivity contribution in [2.24, 2.45) is 0 Å². The third kappa shape index (κ3) is 9.73. The van der Waals surface area contributed by atoms with Gasteiger partial charge < -0.3 is 18.9 Å². The van der Waals surface area contributed by atoms with E-state index in [2.05, 4.69) is 319 Å². The Kier molecular flexibility index (Phi) is 14.7. The average Bonchev–Trinajstić information content (AvgIpc) is 0.708. The van der Waals surface area contributed by atoms with Gasteiger partial charge in [-0.15, -0.1) is 0 Å². The van der Waals surface area contributed by atoms with Crippen LogP contribution in [-0.2, 0) is 0 Å². The molecule has 20 bridgehead atoms. The number of rotatable bonds is 4. The van der Waals surface area contributed by atoms with E-state index in [0.717, 1.165) is 195 Å². The lowest BCUT2D eigenvalue weighted by Gasteiger charge is -2.17. The van der Waals surface area contributed by atoms with Crippen molar-refractivity contribution < 1.29 is 18.9 Å². The summed E-state index contributed by atoms with van der Waals surface area (Å²) in [5.41, 5.74) is 4.69. The Balaban J connectivity index is 1.05. The lowest BCUT2D eigenvalue weighted by molar-refractivity contribution is 0.400. The lowest BCUT2D eigenvalue weighted by atomic mass is 9.89. The van der Waals surface area contributed by atoms with Crippen molar-refractivity contribution in [1.82, 2.24) is 0 Å². The summed E-state index contributed by atoms with van der Waals surface area (Å²) in [6.07, 6.45) is 0. The van der Waals surface area contributed by atoms with Gasteiger partial charge in [-0.25, -0.2) is 0 Å². The van der Waals surface area contributed by atoms with Gasteiger partial charge in [-0.2, -0.15) is 0 Å². The first-order valence-electron chi connectivity index (χ1n) is 35.8. The molecule has 496 valence electrons. The van der Waals surface area contributed by atoms with Crippen molar-refractivity contribution in [3.05, 3.63) is 313 Å². The maximum atomic E-state index is 6.57. The first-order valence-corrected chi connectivity index (χ1v) is 35.8. The van der Waals surface area contributed by atoms with Crippen LogP contribution < -0.4 is 18.9 Å². The molecule has 0 amide bonds. The van der Waals surface area contributed by atoms with E-state index < -0.39 is 0 Å². The molecule has 4 heteroatoms. The molecule has 0 saturated heterocycles. The number of ether oxygens (including phenoxy) is 4. The Morgan fingerprint density at radius 1 is 0.144 bits per heavy atom. The summed E-state index contributed by atoms with van der Waals surface area (Å²) >= 11 is 0. The summed E-state index contributed by atoms with van der Waals surface area (Å²) in [6, 6.07) is 109. The lowest BCUT2D eigenvalue weighted by Crippen LogP contribution is -1.92. The van der Waals surface area contributed by atoms with Gasteiger partial charge in [0.2, 0.25) is 0 Å². The molecule has 4 nitrogen and oxygen atoms in total. The summed E-state index contributed by atoms with van der Waals surface area (Å²) < 4.78 is 26.3. The average molecular weight is 1340 g/mol. The minimum absolute atomic E-state index is 0.727. The molecule has 0 spiro atoms. The quantitative estimate of drug-likeness (QED) is 0.165. The van der Waals surface area contributed by atoms with Crippen molar-refractivity contribution in [3.63, 3.8) is 0 Å². The highest BCUT2D eigenvalue weighted by atomic mass is 16.5. The van der Waals surface area contributed by atoms with Gasteiger partial charge in [-0.05, 0) is 237 Å². The van der Waals surface area contributed by atoms with Gasteiger partial charge in [0.1, 0.15) is 23.0 Å². The third-order valence-electron chi connectivity index (χ3n) is 22.0. The van der Waals surface area contributed by atoms with E-state index in [9.17, 15) is 0 Å². The molecule has 0 aliphatic carbocycles. The summed E-state index contributed by atoms with van der Waals surface area (Å²) in [5, 5.41) is 40.4. The molecule has 0 radical (unpaired) electrons. The van der Waals surface area contributed by atoms with Crippen molar-refractivity contribution in [2.75, 3.05) is 28.4 Å². The zero-order chi connectivity index (χ0) is 70.2. The molecule has 0 N–H and O–H groups in total. The highest BCUT2D eigenvalue weighted by molar-refractivity contribution is 6.38. The molecular formula is C100H72O4. The zero-order valence-electron chi connectivity index (χ0n) is 59.3. The number of benzene rings is 18. The number of fused-ring (bicyclic) bond motifs is 34. The molecule has 0 heterocycles. The summed E-state index contributed by atoms with van der Waals surface area (Å²) in [5.74, 6) is 2.91. The van der Waals surface area contributed by atoms with Crippen LogP contribution in [0.3, 0.4) is 0 Å². The maximum Gasteiger partial charge on any atom is 0.130 e. The Morgan fingerprint density at radius 2 is 0.288 bits per heavy atom. The van der Waals surface area contributed by atoms with Gasteiger partial charge in [-0.3, -0.25) is 0 Å². The highest BCUT2D eigenvalue weighted by Gasteiger charge is 2.22. The van der Waals surface area contributed by atoms with Gasteiger partial charge in [0, 0.05) is 55.2 Å². The number of hydrogen-bond acceptors (Lipinski definition) is 4. The Bertz CT molecular complexity index is 6220. The van der Waals surface area contributed by atoms with E-state index in [1.165, 1.54) is 43.8 Å². The van der Waals surface area contributed by atoms with Crippen LogP contribution in [0.2, 0.25) is 0 Å². The van der Waals surface area contributed by atoms with Crippen LogP contribution in [0.4, 0.5) is 0 Å². The summed E-state index contributed by atoms with van der Waals surface area (Å²) in [7, 11) is 7.12. The second kappa shape index (κ2) is 24.5. The van der Waals surface area contributed by atoms with Crippen LogP contribution in [-0.4, -0.2) is 28.4 Å². The molecule has 0 atom stereocenters. The van der Waals surface area contributed by atoms with Crippen LogP contribution in [0, 0.1) is 27.7 Å². The van der Waals surface area contributed by atoms with E-state index >= 15 is 0 Å². The summed E-state index contributed by atoms with van der Waals surface area (Å²) in [6.45, 7) is 8.94. The molecule has 0 aromatic heterocycles. The first kappa shape index (κ1) is 62.3. The topological polar surface area (TPSA) is 36.9 Å². The van der Waals surface area contributed by atoms with Gasteiger partial charge in [0.05, 0.1) is 28.4 Å². The first-order chi connectivity index (χ1) is 51.0. The van der Waals surface area contributed by atoms with E-state index in [1.807, 2.05) is 0 Å². The largest absolute Gasteiger partial charge is 0.496 e. The molecular weight excluding hydrogens is 1270 g/mol. The Labute approximate surface area is 601 Å². The van der Waals surface area contributed by atoms with Gasteiger partial charge in [0.15, 0.2) is 0 Å². The fraction of sp³-hybridized carbons (Fsp3) is 0.0800. The van der Waals surface area contributed by atoms with E-state index in [0.29, 0.717) is 0 Å². The van der Waals surface area contributed by atoms with E-state index in [1.54, 1.807) is 28.4 Å². The molecule has 19 rings (SSSR count). The number of hydrogen-bond donors (Lipinski definition) is 0. The fourth-order valence-electron chi connectivity index (χ4n) is 17.9. The van der Waals surface area contributed by atoms with Crippen molar-refractivity contribution in [2.45, 2.75) is 27.7 Å². The molecule has 0 aliphatic rings. The third-order valence-corrected chi connectivity index (χ3v) is 22.0. The van der Waals surface area contributed by atoms with Crippen LogP contribution in [0.1, 0.15) is 22.3 Å². The number of methoxy groups -OCH3 is 4. The SMILES string of the molecule is COc1cc(OC)c2cc1c1c3ccccc3c(c3cc(C)cc(c3)c3cc(C)cc(c3)c3c4ccccc4c(c4cc(c(OC)cc4OC)c4c5ccccc5c(c5cc(C)cc(c5)c5cc(C)cc(c5)c5c6ccccc6c2c2ccccc25)c2ccccc24)c2ccccc23)c2ccccc21. The Morgan fingerprint density at radius 3 is 0.442 bits per heavy atom. The summed E-state index contributed by atoms with van der Waals surface area (Å²) in [4.78, 5) is 0. The van der Waals surface area contributed by atoms with Crippen LogP contribution >= 0.6 is 0 Å². The Hall–Kier alpha value is -12.8. The van der Waals surface area contributed by atoms with Crippen LogP contribution in [0.15, 0.2) is 291 Å². The molecule has 104 heavy (non-hydrogen) atoms. The maximum absolute atomic E-state index is 6.57. The molecule has 0 saturated carbocycles. The van der Waals surface area contributed by atoms with Gasteiger partial charge >= 0.3 is 0 Å². The molecule has 19 aromatic carbocycles. The second-order valence-corrected chi connectivity index (χ2v) is 28.2. The fourth-order valence-corrected chi connectivity index (χ4v) is 17.9. The van der Waals surface area contributed by atoms with Crippen molar-refractivity contribution >= 4 is 194 Å². The normalized spacial score (nSPS) is 11.8. The van der Waals surface area contributed by atoms with Crippen LogP contribution in [0.25, 0.3) is 194 Å².